The molecule has 0 bridgehead atoms. The van der Waals surface area contributed by atoms with Gasteiger partial charge >= 0.3 is 8.80 Å². The molecular formula is C16H30ClNO3Si. The molecule has 0 spiro atoms. The highest BCUT2D eigenvalue weighted by Crippen LogP contribution is 2.17. The third kappa shape index (κ3) is 8.27. The van der Waals surface area contributed by atoms with Crippen molar-refractivity contribution in [3.05, 3.63) is 35.9 Å². The molecule has 6 heteroatoms. The van der Waals surface area contributed by atoms with Crippen LogP contribution in [-0.4, -0.2) is 35.2 Å². The summed E-state index contributed by atoms with van der Waals surface area (Å²) in [6, 6.07) is 11.3. The lowest BCUT2D eigenvalue weighted by molar-refractivity contribution is 0.0708. The molecule has 0 saturated carbocycles. The molecule has 0 unspecified atom stereocenters. The monoisotopic (exact) mass is 347 g/mol. The van der Waals surface area contributed by atoms with E-state index in [0.29, 0.717) is 19.8 Å². The molecule has 0 heterocycles. The van der Waals surface area contributed by atoms with E-state index in [9.17, 15) is 0 Å². The van der Waals surface area contributed by atoms with E-state index in [1.54, 1.807) is 0 Å². The van der Waals surface area contributed by atoms with Crippen LogP contribution in [0.25, 0.3) is 0 Å². The van der Waals surface area contributed by atoms with Crippen molar-refractivity contribution >= 4 is 21.2 Å². The van der Waals surface area contributed by atoms with Crippen molar-refractivity contribution in [2.24, 2.45) is 0 Å². The summed E-state index contributed by atoms with van der Waals surface area (Å²) in [6.07, 6.45) is 0.999. The molecule has 0 radical (unpaired) electrons. The minimum Gasteiger partial charge on any atom is -0.374 e. The number of hydrogen-bond donors (Lipinski definition) is 1. The van der Waals surface area contributed by atoms with Gasteiger partial charge in [-0.25, -0.2) is 0 Å². The van der Waals surface area contributed by atoms with Crippen molar-refractivity contribution in [2.45, 2.75) is 39.8 Å². The first kappa shape index (κ1) is 21.6. The second-order valence-corrected chi connectivity index (χ2v) is 7.48. The SMILES string of the molecule is CCO[Si](CCCNCc1ccccc1)(OCC)OCC.Cl. The summed E-state index contributed by atoms with van der Waals surface area (Å²) in [4.78, 5) is 0. The maximum atomic E-state index is 5.84. The summed E-state index contributed by atoms with van der Waals surface area (Å²) in [6.45, 7) is 9.75. The van der Waals surface area contributed by atoms with Crippen LogP contribution in [-0.2, 0) is 19.8 Å². The summed E-state index contributed by atoms with van der Waals surface area (Å²) < 4.78 is 17.5. The van der Waals surface area contributed by atoms with Crippen LogP contribution in [0.1, 0.15) is 32.8 Å². The first-order valence-electron chi connectivity index (χ1n) is 7.92. The zero-order valence-electron chi connectivity index (χ0n) is 14.0. The van der Waals surface area contributed by atoms with Gasteiger partial charge < -0.3 is 18.6 Å². The molecule has 0 fully saturated rings. The lowest BCUT2D eigenvalue weighted by Crippen LogP contribution is -2.46. The van der Waals surface area contributed by atoms with Gasteiger partial charge in [-0.05, 0) is 39.3 Å². The van der Waals surface area contributed by atoms with E-state index in [1.807, 2.05) is 26.8 Å². The summed E-state index contributed by atoms with van der Waals surface area (Å²) in [7, 11) is -2.46. The van der Waals surface area contributed by atoms with Crippen LogP contribution in [0.2, 0.25) is 6.04 Å². The fourth-order valence-corrected chi connectivity index (χ4v) is 4.87. The number of benzene rings is 1. The smallest absolute Gasteiger partial charge is 0.374 e. The van der Waals surface area contributed by atoms with E-state index in [-0.39, 0.29) is 12.4 Å². The van der Waals surface area contributed by atoms with Crippen LogP contribution in [0, 0.1) is 0 Å². The van der Waals surface area contributed by atoms with E-state index in [1.165, 1.54) is 5.56 Å². The molecule has 1 rings (SSSR count). The molecule has 0 aliphatic carbocycles. The van der Waals surface area contributed by atoms with Crippen LogP contribution < -0.4 is 5.32 Å². The molecule has 0 aliphatic heterocycles. The van der Waals surface area contributed by atoms with Crippen LogP contribution >= 0.6 is 12.4 Å². The Morgan fingerprint density at radius 2 is 1.45 bits per heavy atom. The van der Waals surface area contributed by atoms with Gasteiger partial charge in [-0.15, -0.1) is 12.4 Å². The van der Waals surface area contributed by atoms with Gasteiger partial charge in [0.2, 0.25) is 0 Å². The predicted octanol–water partition coefficient (Wildman–Crippen LogP) is 3.64. The Balaban J connectivity index is 0.00000441. The predicted molar refractivity (Wildman–Crippen MR) is 95.5 cm³/mol. The molecule has 22 heavy (non-hydrogen) atoms. The normalized spacial score (nSPS) is 11.2. The van der Waals surface area contributed by atoms with E-state index in [2.05, 4.69) is 29.6 Å². The third-order valence-electron chi connectivity index (χ3n) is 3.10. The molecule has 4 nitrogen and oxygen atoms in total. The highest BCUT2D eigenvalue weighted by atomic mass is 35.5. The van der Waals surface area contributed by atoms with Gasteiger partial charge in [-0.3, -0.25) is 0 Å². The number of nitrogens with one attached hydrogen (secondary N) is 1. The van der Waals surface area contributed by atoms with Crippen molar-refractivity contribution in [3.8, 4) is 0 Å². The number of hydrogen-bond acceptors (Lipinski definition) is 4. The Bertz CT molecular complexity index is 351. The largest absolute Gasteiger partial charge is 0.500 e. The van der Waals surface area contributed by atoms with Crippen LogP contribution in [0.4, 0.5) is 0 Å². The van der Waals surface area contributed by atoms with Crippen molar-refractivity contribution in [1.82, 2.24) is 5.32 Å². The average molecular weight is 348 g/mol. The fraction of sp³-hybridized carbons (Fsp3) is 0.625. The van der Waals surface area contributed by atoms with Gasteiger partial charge in [-0.1, -0.05) is 30.3 Å². The Morgan fingerprint density at radius 1 is 0.909 bits per heavy atom. The molecule has 0 atom stereocenters. The third-order valence-corrected chi connectivity index (χ3v) is 6.25. The Kier molecular flexibility index (Phi) is 12.8. The second kappa shape index (κ2) is 13.0. The highest BCUT2D eigenvalue weighted by molar-refractivity contribution is 6.60. The minimum absolute atomic E-state index is 0. The molecule has 0 aromatic heterocycles. The van der Waals surface area contributed by atoms with Gasteiger partial charge in [0, 0.05) is 32.4 Å². The molecule has 0 saturated heterocycles. The van der Waals surface area contributed by atoms with E-state index < -0.39 is 8.80 Å². The van der Waals surface area contributed by atoms with Crippen molar-refractivity contribution in [1.29, 1.82) is 0 Å². The van der Waals surface area contributed by atoms with Crippen molar-refractivity contribution in [3.63, 3.8) is 0 Å². The fourth-order valence-electron chi connectivity index (χ4n) is 2.26. The van der Waals surface area contributed by atoms with Crippen LogP contribution in [0.15, 0.2) is 30.3 Å². The zero-order chi connectivity index (χ0) is 15.4. The topological polar surface area (TPSA) is 39.7 Å². The quantitative estimate of drug-likeness (QED) is 0.463. The Hall–Kier alpha value is -0.433. The van der Waals surface area contributed by atoms with Crippen LogP contribution in [0.3, 0.4) is 0 Å². The Labute approximate surface area is 142 Å². The van der Waals surface area contributed by atoms with Crippen molar-refractivity contribution in [2.75, 3.05) is 26.4 Å². The minimum atomic E-state index is -2.46. The summed E-state index contributed by atoms with van der Waals surface area (Å²) in [5.74, 6) is 0. The molecule has 1 aromatic carbocycles. The van der Waals surface area contributed by atoms with Gasteiger partial charge in [0.25, 0.3) is 0 Å². The lowest BCUT2D eigenvalue weighted by Gasteiger charge is -2.28. The molecule has 0 aliphatic rings. The first-order valence-corrected chi connectivity index (χ1v) is 9.86. The lowest BCUT2D eigenvalue weighted by atomic mass is 10.2. The zero-order valence-corrected chi connectivity index (χ0v) is 15.8. The standard InChI is InChI=1S/C16H29NO3Si.ClH/c1-4-18-21(19-5-2,20-6-3)14-10-13-17-15-16-11-8-7-9-12-16;/h7-9,11-12,17H,4-6,10,13-15H2,1-3H3;1H. The number of rotatable bonds is 12. The summed E-state index contributed by atoms with van der Waals surface area (Å²) >= 11 is 0. The van der Waals surface area contributed by atoms with Gasteiger partial charge in [0.05, 0.1) is 0 Å². The molecule has 1 N–H and O–H groups in total. The van der Waals surface area contributed by atoms with E-state index in [4.69, 9.17) is 13.3 Å². The maximum Gasteiger partial charge on any atom is 0.500 e. The van der Waals surface area contributed by atoms with Gasteiger partial charge in [0.15, 0.2) is 0 Å². The second-order valence-electron chi connectivity index (χ2n) is 4.75. The maximum absolute atomic E-state index is 5.84. The van der Waals surface area contributed by atoms with E-state index >= 15 is 0 Å². The van der Waals surface area contributed by atoms with Crippen LogP contribution in [0.5, 0.6) is 0 Å². The average Bonchev–Trinajstić information content (AvgIpc) is 2.49. The van der Waals surface area contributed by atoms with Gasteiger partial charge in [-0.2, -0.15) is 0 Å². The first-order chi connectivity index (χ1) is 10.3. The summed E-state index contributed by atoms with van der Waals surface area (Å²) in [5.41, 5.74) is 1.31. The number of halogens is 1. The highest BCUT2D eigenvalue weighted by Gasteiger charge is 2.39. The summed E-state index contributed by atoms with van der Waals surface area (Å²) in [5, 5.41) is 3.46. The molecule has 128 valence electrons. The van der Waals surface area contributed by atoms with E-state index in [0.717, 1.165) is 25.6 Å². The molecule has 1 aromatic rings. The molecular weight excluding hydrogens is 318 g/mol. The van der Waals surface area contributed by atoms with Crippen molar-refractivity contribution < 1.29 is 13.3 Å². The molecule has 0 amide bonds. The Morgan fingerprint density at radius 3 is 1.95 bits per heavy atom. The van der Waals surface area contributed by atoms with Gasteiger partial charge in [0.1, 0.15) is 0 Å².